The molecule has 2 N–H and O–H groups in total. The average molecular weight is 386 g/mol. The molecule has 2 aromatic carbocycles. The molecule has 0 unspecified atom stereocenters. The van der Waals surface area contributed by atoms with Crippen LogP contribution in [0, 0.1) is 0 Å². The van der Waals surface area contributed by atoms with Crippen molar-refractivity contribution in [1.82, 2.24) is 9.97 Å². The van der Waals surface area contributed by atoms with Crippen molar-refractivity contribution in [2.75, 3.05) is 10.6 Å². The molecule has 0 bridgehead atoms. The van der Waals surface area contributed by atoms with Crippen molar-refractivity contribution in [3.8, 4) is 0 Å². The summed E-state index contributed by atoms with van der Waals surface area (Å²) < 4.78 is 39.1. The molecule has 0 aliphatic rings. The minimum absolute atomic E-state index is 0.0412. The molecule has 0 radical (unpaired) electrons. The third-order valence-electron chi connectivity index (χ3n) is 4.01. The Morgan fingerprint density at radius 2 is 1.64 bits per heavy atom. The second-order valence-electron chi connectivity index (χ2n) is 5.97. The molecule has 0 aliphatic carbocycles. The van der Waals surface area contributed by atoms with E-state index in [2.05, 4.69) is 20.6 Å². The first-order valence-electron chi connectivity index (χ1n) is 8.52. The van der Waals surface area contributed by atoms with Crippen molar-refractivity contribution in [2.24, 2.45) is 0 Å². The van der Waals surface area contributed by atoms with Gasteiger partial charge in [-0.15, -0.1) is 0 Å². The van der Waals surface area contributed by atoms with Crippen LogP contribution in [-0.4, -0.2) is 15.9 Å². The van der Waals surface area contributed by atoms with Crippen LogP contribution in [0.2, 0.25) is 0 Å². The van der Waals surface area contributed by atoms with Crippen molar-refractivity contribution in [1.29, 1.82) is 0 Å². The first-order valence-corrected chi connectivity index (χ1v) is 8.52. The molecule has 0 fully saturated rings. The third-order valence-corrected chi connectivity index (χ3v) is 4.01. The lowest BCUT2D eigenvalue weighted by Crippen LogP contribution is -2.13. The van der Waals surface area contributed by atoms with Crippen molar-refractivity contribution in [3.05, 3.63) is 77.6 Å². The zero-order valence-corrected chi connectivity index (χ0v) is 14.9. The van der Waals surface area contributed by atoms with Gasteiger partial charge in [-0.05, 0) is 36.2 Å². The number of anilines is 3. The van der Waals surface area contributed by atoms with E-state index in [1.54, 1.807) is 12.1 Å². The number of hydrogen-bond donors (Lipinski definition) is 2. The number of aryl methyl sites for hydroxylation is 1. The number of aromatic nitrogens is 2. The van der Waals surface area contributed by atoms with E-state index < -0.39 is 17.6 Å². The van der Waals surface area contributed by atoms with E-state index in [4.69, 9.17) is 0 Å². The molecule has 3 rings (SSSR count). The van der Waals surface area contributed by atoms with Gasteiger partial charge in [0.25, 0.3) is 5.91 Å². The van der Waals surface area contributed by atoms with Gasteiger partial charge in [0.15, 0.2) is 0 Å². The zero-order chi connectivity index (χ0) is 20.1. The highest BCUT2D eigenvalue weighted by molar-refractivity contribution is 6.03. The minimum atomic E-state index is -4.50. The summed E-state index contributed by atoms with van der Waals surface area (Å²) in [6, 6.07) is 12.4. The Balaban J connectivity index is 1.70. The molecule has 1 aromatic heterocycles. The number of halogens is 3. The number of para-hydroxylation sites is 1. The molecule has 8 heteroatoms. The predicted molar refractivity (Wildman–Crippen MR) is 101 cm³/mol. The first-order chi connectivity index (χ1) is 13.4. The Labute approximate surface area is 159 Å². The lowest BCUT2D eigenvalue weighted by atomic mass is 10.1. The molecule has 0 saturated carbocycles. The normalized spacial score (nSPS) is 11.1. The van der Waals surface area contributed by atoms with Crippen LogP contribution in [0.15, 0.2) is 60.9 Å². The fourth-order valence-electron chi connectivity index (χ4n) is 2.50. The molecule has 28 heavy (non-hydrogen) atoms. The van der Waals surface area contributed by atoms with E-state index in [1.807, 2.05) is 19.1 Å². The molecule has 3 aromatic rings. The van der Waals surface area contributed by atoms with Gasteiger partial charge < -0.3 is 10.6 Å². The highest BCUT2D eigenvalue weighted by atomic mass is 19.4. The third kappa shape index (κ3) is 4.64. The number of amides is 1. The highest BCUT2D eigenvalue weighted by Crippen LogP contribution is 2.35. The summed E-state index contributed by atoms with van der Waals surface area (Å²) in [5.41, 5.74) is 0.979. The van der Waals surface area contributed by atoms with Crippen molar-refractivity contribution in [3.63, 3.8) is 0 Å². The Morgan fingerprint density at radius 3 is 2.25 bits per heavy atom. The summed E-state index contributed by atoms with van der Waals surface area (Å²) >= 11 is 0. The molecule has 0 saturated heterocycles. The van der Waals surface area contributed by atoms with Gasteiger partial charge in [0.1, 0.15) is 0 Å². The van der Waals surface area contributed by atoms with Crippen molar-refractivity contribution < 1.29 is 18.0 Å². The number of hydrogen-bond acceptors (Lipinski definition) is 4. The fraction of sp³-hybridized carbons (Fsp3) is 0.150. The Hall–Kier alpha value is -3.42. The van der Waals surface area contributed by atoms with Gasteiger partial charge in [-0.3, -0.25) is 4.79 Å². The second-order valence-corrected chi connectivity index (χ2v) is 5.97. The van der Waals surface area contributed by atoms with E-state index in [0.29, 0.717) is 5.69 Å². The predicted octanol–water partition coefficient (Wildman–Crippen LogP) is 5.05. The van der Waals surface area contributed by atoms with Crippen LogP contribution < -0.4 is 10.6 Å². The van der Waals surface area contributed by atoms with Crippen molar-refractivity contribution >= 4 is 23.2 Å². The number of alkyl halides is 3. The topological polar surface area (TPSA) is 66.9 Å². The first kappa shape index (κ1) is 19.3. The van der Waals surface area contributed by atoms with Gasteiger partial charge in [-0.1, -0.05) is 31.2 Å². The van der Waals surface area contributed by atoms with Gasteiger partial charge in [0.05, 0.1) is 16.8 Å². The standard InChI is InChI=1S/C20H17F3N4O/c1-2-13-7-9-15(10-8-13)26-18(28)14-11-24-19(25-12-14)27-17-6-4-3-5-16(17)20(21,22)23/h3-12H,2H2,1H3,(H,26,28)(H,24,25,27). The summed E-state index contributed by atoms with van der Waals surface area (Å²) in [7, 11) is 0. The molecule has 1 heterocycles. The van der Waals surface area contributed by atoms with E-state index in [-0.39, 0.29) is 17.2 Å². The maximum Gasteiger partial charge on any atom is 0.418 e. The smallest absolute Gasteiger partial charge is 0.324 e. The Morgan fingerprint density at radius 1 is 1.00 bits per heavy atom. The number of rotatable bonds is 5. The van der Waals surface area contributed by atoms with Crippen LogP contribution in [-0.2, 0) is 12.6 Å². The van der Waals surface area contributed by atoms with Crippen LogP contribution in [0.1, 0.15) is 28.4 Å². The SMILES string of the molecule is CCc1ccc(NC(=O)c2cnc(Nc3ccccc3C(F)(F)F)nc2)cc1. The lowest BCUT2D eigenvalue weighted by Gasteiger charge is -2.13. The zero-order valence-electron chi connectivity index (χ0n) is 14.9. The van der Waals surface area contributed by atoms with Gasteiger partial charge >= 0.3 is 6.18 Å². The van der Waals surface area contributed by atoms with Crippen LogP contribution >= 0.6 is 0 Å². The maximum atomic E-state index is 13.0. The van der Waals surface area contributed by atoms with E-state index in [0.717, 1.165) is 18.1 Å². The average Bonchev–Trinajstić information content (AvgIpc) is 2.69. The van der Waals surface area contributed by atoms with Gasteiger partial charge in [-0.25, -0.2) is 9.97 Å². The van der Waals surface area contributed by atoms with E-state index in [1.165, 1.54) is 30.6 Å². The van der Waals surface area contributed by atoms with Crippen LogP contribution in [0.25, 0.3) is 0 Å². The monoisotopic (exact) mass is 386 g/mol. The van der Waals surface area contributed by atoms with Crippen LogP contribution in [0.5, 0.6) is 0 Å². The van der Waals surface area contributed by atoms with E-state index in [9.17, 15) is 18.0 Å². The molecule has 144 valence electrons. The maximum absolute atomic E-state index is 13.0. The summed E-state index contributed by atoms with van der Waals surface area (Å²) in [6.07, 6.45) is -1.10. The minimum Gasteiger partial charge on any atom is -0.324 e. The Kier molecular flexibility index (Phi) is 5.58. The number of nitrogens with zero attached hydrogens (tertiary/aromatic N) is 2. The fourth-order valence-corrected chi connectivity index (χ4v) is 2.50. The number of nitrogens with one attached hydrogen (secondary N) is 2. The summed E-state index contributed by atoms with van der Waals surface area (Å²) in [4.78, 5) is 20.1. The van der Waals surface area contributed by atoms with Gasteiger partial charge in [-0.2, -0.15) is 13.2 Å². The van der Waals surface area contributed by atoms with Gasteiger partial charge in [0, 0.05) is 18.1 Å². The second kappa shape index (κ2) is 8.08. The molecule has 0 atom stereocenters. The molecule has 1 amide bonds. The lowest BCUT2D eigenvalue weighted by molar-refractivity contribution is -0.136. The van der Waals surface area contributed by atoms with Crippen molar-refractivity contribution in [2.45, 2.75) is 19.5 Å². The highest BCUT2D eigenvalue weighted by Gasteiger charge is 2.33. The Bertz CT molecular complexity index is 954. The largest absolute Gasteiger partial charge is 0.418 e. The summed E-state index contributed by atoms with van der Waals surface area (Å²) in [6.45, 7) is 2.04. The molecule has 0 spiro atoms. The molecular formula is C20H17F3N4O. The number of carbonyl (C=O) groups is 1. The van der Waals surface area contributed by atoms with Gasteiger partial charge in [0.2, 0.25) is 5.95 Å². The molecular weight excluding hydrogens is 369 g/mol. The number of benzene rings is 2. The van der Waals surface area contributed by atoms with Crippen LogP contribution in [0.3, 0.4) is 0 Å². The quantitative estimate of drug-likeness (QED) is 0.644. The molecule has 5 nitrogen and oxygen atoms in total. The molecule has 0 aliphatic heterocycles. The van der Waals surface area contributed by atoms with E-state index >= 15 is 0 Å². The number of carbonyl (C=O) groups excluding carboxylic acids is 1. The summed E-state index contributed by atoms with van der Waals surface area (Å²) in [5.74, 6) is -0.452. The summed E-state index contributed by atoms with van der Waals surface area (Å²) in [5, 5.41) is 5.25. The van der Waals surface area contributed by atoms with Crippen LogP contribution in [0.4, 0.5) is 30.5 Å².